The van der Waals surface area contributed by atoms with Crippen molar-refractivity contribution in [1.29, 1.82) is 0 Å². The summed E-state index contributed by atoms with van der Waals surface area (Å²) in [6.07, 6.45) is 0.535. The van der Waals surface area contributed by atoms with Gasteiger partial charge in [0.2, 0.25) is 0 Å². The molecule has 1 aliphatic rings. The molecule has 0 bridgehead atoms. The fourth-order valence-electron chi connectivity index (χ4n) is 3.67. The van der Waals surface area contributed by atoms with Crippen LogP contribution in [0.2, 0.25) is 0 Å². The topological polar surface area (TPSA) is 95.2 Å². The highest BCUT2D eigenvalue weighted by molar-refractivity contribution is 6.07. The Balaban J connectivity index is 1.58. The molecule has 1 atom stereocenters. The summed E-state index contributed by atoms with van der Waals surface area (Å²) < 4.78 is 13.3. The van der Waals surface area contributed by atoms with Gasteiger partial charge in [0.1, 0.15) is 17.2 Å². The molecule has 2 heterocycles. The van der Waals surface area contributed by atoms with E-state index in [2.05, 4.69) is 15.3 Å². The van der Waals surface area contributed by atoms with E-state index in [0.717, 1.165) is 4.90 Å². The van der Waals surface area contributed by atoms with Crippen LogP contribution < -0.4 is 10.9 Å². The number of fused-ring (bicyclic) bond motifs is 1. The third-order valence-electron chi connectivity index (χ3n) is 5.28. The zero-order chi connectivity index (χ0) is 20.6. The molecule has 2 aromatic carbocycles. The highest BCUT2D eigenvalue weighted by Crippen LogP contribution is 2.32. The van der Waals surface area contributed by atoms with Crippen molar-refractivity contribution < 1.29 is 14.0 Å². The molecule has 2 N–H and O–H groups in total. The largest absolute Gasteiger partial charge is 0.325 e. The van der Waals surface area contributed by atoms with Gasteiger partial charge in [-0.2, -0.15) is 0 Å². The van der Waals surface area contributed by atoms with Crippen molar-refractivity contribution >= 4 is 22.8 Å². The first-order valence-corrected chi connectivity index (χ1v) is 9.32. The zero-order valence-corrected chi connectivity index (χ0v) is 15.7. The Morgan fingerprint density at radius 1 is 1.07 bits per heavy atom. The quantitative estimate of drug-likeness (QED) is 0.650. The normalized spacial score (nSPS) is 19.0. The van der Waals surface area contributed by atoms with Crippen molar-refractivity contribution in [3.05, 3.63) is 76.1 Å². The van der Waals surface area contributed by atoms with Crippen molar-refractivity contribution in [3.63, 3.8) is 0 Å². The van der Waals surface area contributed by atoms with Gasteiger partial charge in [-0.05, 0) is 36.2 Å². The number of halogens is 1. The van der Waals surface area contributed by atoms with Crippen molar-refractivity contribution in [2.45, 2.75) is 25.3 Å². The zero-order valence-electron chi connectivity index (χ0n) is 15.7. The van der Waals surface area contributed by atoms with Gasteiger partial charge >= 0.3 is 6.03 Å². The van der Waals surface area contributed by atoms with Gasteiger partial charge in [-0.1, -0.05) is 31.2 Å². The molecule has 148 valence electrons. The second-order valence-corrected chi connectivity index (χ2v) is 6.93. The predicted octanol–water partition coefficient (Wildman–Crippen LogP) is 2.46. The number of nitrogens with one attached hydrogen (secondary N) is 2. The number of carbonyl (C=O) groups excluding carboxylic acids is 2. The molecule has 4 rings (SSSR count). The predicted molar refractivity (Wildman–Crippen MR) is 105 cm³/mol. The molecular weight excluding hydrogens is 375 g/mol. The van der Waals surface area contributed by atoms with Crippen molar-refractivity contribution in [3.8, 4) is 0 Å². The summed E-state index contributed by atoms with van der Waals surface area (Å²) >= 11 is 0. The van der Waals surface area contributed by atoms with Crippen LogP contribution >= 0.6 is 0 Å². The number of urea groups is 1. The summed E-state index contributed by atoms with van der Waals surface area (Å²) in [5.74, 6) is -0.426. The number of benzene rings is 2. The van der Waals surface area contributed by atoms with Gasteiger partial charge in [0.25, 0.3) is 11.5 Å². The number of hydrogen-bond donors (Lipinski definition) is 2. The maximum atomic E-state index is 13.3. The van der Waals surface area contributed by atoms with Crippen molar-refractivity contribution in [2.24, 2.45) is 0 Å². The summed E-state index contributed by atoms with van der Waals surface area (Å²) in [6, 6.07) is 12.0. The second-order valence-electron chi connectivity index (χ2n) is 6.93. The monoisotopic (exact) mass is 394 g/mol. The molecule has 1 fully saturated rings. The van der Waals surface area contributed by atoms with Crippen LogP contribution in [0.5, 0.6) is 0 Å². The molecule has 1 unspecified atom stereocenters. The molecule has 3 aromatic rings. The lowest BCUT2D eigenvalue weighted by Gasteiger charge is -2.25. The van der Waals surface area contributed by atoms with Crippen molar-refractivity contribution in [2.75, 3.05) is 6.54 Å². The minimum Gasteiger partial charge on any atom is -0.319 e. The lowest BCUT2D eigenvalue weighted by molar-refractivity contribution is -0.131. The maximum Gasteiger partial charge on any atom is 0.325 e. The van der Waals surface area contributed by atoms with Crippen LogP contribution in [0.25, 0.3) is 10.9 Å². The standard InChI is InChI=1S/C21H19FN4O3/c1-2-21(13-7-9-14(22)10-8-13)19(28)26(20(29)25-21)12-11-17-23-16-6-4-3-5-15(16)18(27)24-17/h3-10H,2,11-12H2,1H3,(H,25,29)(H,23,24,27). The fourth-order valence-corrected chi connectivity index (χ4v) is 3.67. The average molecular weight is 394 g/mol. The van der Waals surface area contributed by atoms with Crippen LogP contribution in [0.4, 0.5) is 9.18 Å². The fraction of sp³-hybridized carbons (Fsp3) is 0.238. The Bertz CT molecular complexity index is 1160. The number of H-pyrrole nitrogens is 1. The summed E-state index contributed by atoms with van der Waals surface area (Å²) in [4.78, 5) is 46.1. The van der Waals surface area contributed by atoms with E-state index in [0.29, 0.717) is 28.7 Å². The van der Waals surface area contributed by atoms with Crippen molar-refractivity contribution in [1.82, 2.24) is 20.2 Å². The Morgan fingerprint density at radius 3 is 2.52 bits per heavy atom. The number of nitrogens with zero attached hydrogens (tertiary/aromatic N) is 2. The minimum atomic E-state index is -1.23. The van der Waals surface area contributed by atoms with E-state index >= 15 is 0 Å². The SMILES string of the molecule is CCC1(c2ccc(F)cc2)NC(=O)N(CCc2nc3ccccc3c(=O)[nH]2)C1=O. The van der Waals surface area contributed by atoms with Gasteiger partial charge in [0.15, 0.2) is 0 Å². The summed E-state index contributed by atoms with van der Waals surface area (Å²) in [6.45, 7) is 1.85. The number of amides is 3. The number of aromatic nitrogens is 2. The molecule has 29 heavy (non-hydrogen) atoms. The molecule has 0 aliphatic carbocycles. The Morgan fingerprint density at radius 2 is 1.79 bits per heavy atom. The van der Waals surface area contributed by atoms with E-state index in [1.54, 1.807) is 31.2 Å². The lowest BCUT2D eigenvalue weighted by Crippen LogP contribution is -2.43. The van der Waals surface area contributed by atoms with Gasteiger partial charge < -0.3 is 10.3 Å². The first-order valence-electron chi connectivity index (χ1n) is 9.32. The van der Waals surface area contributed by atoms with E-state index in [1.807, 2.05) is 0 Å². The highest BCUT2D eigenvalue weighted by Gasteiger charge is 2.50. The van der Waals surface area contributed by atoms with E-state index in [-0.39, 0.29) is 18.5 Å². The average Bonchev–Trinajstić information content (AvgIpc) is 2.97. The lowest BCUT2D eigenvalue weighted by atomic mass is 9.87. The number of imide groups is 1. The van der Waals surface area contributed by atoms with Crippen LogP contribution in [0.1, 0.15) is 24.7 Å². The number of carbonyl (C=O) groups is 2. The Kier molecular flexibility index (Phi) is 4.62. The molecular formula is C21H19FN4O3. The van der Waals surface area contributed by atoms with E-state index in [1.165, 1.54) is 24.3 Å². The molecule has 0 radical (unpaired) electrons. The van der Waals surface area contributed by atoms with Crippen LogP contribution in [0.3, 0.4) is 0 Å². The third-order valence-corrected chi connectivity index (χ3v) is 5.28. The van der Waals surface area contributed by atoms with Gasteiger partial charge in [-0.25, -0.2) is 14.2 Å². The number of para-hydroxylation sites is 1. The smallest absolute Gasteiger partial charge is 0.319 e. The summed E-state index contributed by atoms with van der Waals surface area (Å²) in [7, 11) is 0. The van der Waals surface area contributed by atoms with E-state index in [4.69, 9.17) is 0 Å². The Labute approximate surface area is 165 Å². The second kappa shape index (κ2) is 7.12. The number of aromatic amines is 1. The van der Waals surface area contributed by atoms with E-state index < -0.39 is 23.3 Å². The molecule has 3 amide bonds. The number of rotatable bonds is 5. The highest BCUT2D eigenvalue weighted by atomic mass is 19.1. The van der Waals surface area contributed by atoms with Gasteiger partial charge in [-0.3, -0.25) is 14.5 Å². The molecule has 0 spiro atoms. The molecule has 1 aliphatic heterocycles. The Hall–Kier alpha value is -3.55. The van der Waals surface area contributed by atoms with Crippen LogP contribution in [-0.2, 0) is 16.8 Å². The van der Waals surface area contributed by atoms with Gasteiger partial charge in [0, 0.05) is 13.0 Å². The summed E-state index contributed by atoms with van der Waals surface area (Å²) in [5, 5.41) is 3.23. The molecule has 8 heteroatoms. The third kappa shape index (κ3) is 3.16. The minimum absolute atomic E-state index is 0.0644. The van der Waals surface area contributed by atoms with Crippen LogP contribution in [0, 0.1) is 5.82 Å². The van der Waals surface area contributed by atoms with Crippen LogP contribution in [-0.4, -0.2) is 33.4 Å². The maximum absolute atomic E-state index is 13.3. The first-order chi connectivity index (χ1) is 13.9. The number of hydrogen-bond acceptors (Lipinski definition) is 4. The summed E-state index contributed by atoms with van der Waals surface area (Å²) in [5.41, 5.74) is -0.413. The van der Waals surface area contributed by atoms with Crippen LogP contribution in [0.15, 0.2) is 53.3 Å². The van der Waals surface area contributed by atoms with Gasteiger partial charge in [-0.15, -0.1) is 0 Å². The van der Waals surface area contributed by atoms with E-state index in [9.17, 15) is 18.8 Å². The van der Waals surface area contributed by atoms with Gasteiger partial charge in [0.05, 0.1) is 10.9 Å². The molecule has 1 aromatic heterocycles. The molecule has 7 nitrogen and oxygen atoms in total. The first kappa shape index (κ1) is 18.8. The molecule has 1 saturated heterocycles. The molecule has 0 saturated carbocycles.